The van der Waals surface area contributed by atoms with E-state index in [-0.39, 0.29) is 6.29 Å². The van der Waals surface area contributed by atoms with Crippen molar-refractivity contribution in [3.05, 3.63) is 0 Å². The van der Waals surface area contributed by atoms with Crippen molar-refractivity contribution >= 4 is 18.0 Å². The predicted molar refractivity (Wildman–Crippen MR) is 36.1 cm³/mol. The van der Waals surface area contributed by atoms with Crippen LogP contribution in [0.15, 0.2) is 0 Å². The number of carbonyl (C=O) groups is 3. The zero-order chi connectivity index (χ0) is 9.44. The second kappa shape index (κ2) is 6.88. The number of hydrogen-bond donors (Lipinski definition) is 2. The third kappa shape index (κ3) is 17.7. The van der Waals surface area contributed by atoms with Gasteiger partial charge in [0.15, 0.2) is 12.1 Å². The maximum Gasteiger partial charge on any atom is 0.332 e. The second-order valence-corrected chi connectivity index (χ2v) is 1.74. The van der Waals surface area contributed by atoms with Gasteiger partial charge in [-0.25, -0.2) is 4.79 Å². The normalized spacial score (nSPS) is 10.5. The Bertz CT molecular complexity index is 149. The summed E-state index contributed by atoms with van der Waals surface area (Å²) >= 11 is 0. The number of aldehydes is 1. The Morgan fingerprint density at radius 3 is 1.64 bits per heavy atom. The first-order valence-electron chi connectivity index (χ1n) is 2.78. The molecule has 5 nitrogen and oxygen atoms in total. The van der Waals surface area contributed by atoms with Crippen LogP contribution in [-0.2, 0) is 14.4 Å². The lowest BCUT2D eigenvalue weighted by atomic mass is 10.4. The van der Waals surface area contributed by atoms with Crippen LogP contribution in [0.2, 0.25) is 0 Å². The van der Waals surface area contributed by atoms with Gasteiger partial charge in [-0.05, 0) is 6.92 Å². The number of aliphatic hydroxyl groups is 1. The Morgan fingerprint density at radius 1 is 1.45 bits per heavy atom. The monoisotopic (exact) mass is 162 g/mol. The minimum absolute atomic E-state index is 0.278. The lowest BCUT2D eigenvalue weighted by Crippen LogP contribution is -2.13. The second-order valence-electron chi connectivity index (χ2n) is 1.74. The average molecular weight is 162 g/mol. The number of rotatable bonds is 2. The van der Waals surface area contributed by atoms with Crippen LogP contribution < -0.4 is 0 Å². The quantitative estimate of drug-likeness (QED) is 0.410. The summed E-state index contributed by atoms with van der Waals surface area (Å²) in [6.07, 6.45) is -0.954. The van der Waals surface area contributed by atoms with Gasteiger partial charge < -0.3 is 10.2 Å². The molecule has 0 aromatic carbocycles. The first-order valence-corrected chi connectivity index (χ1v) is 2.78. The summed E-state index contributed by atoms with van der Waals surface area (Å²) in [5, 5.41) is 15.8. The molecule has 2 N–H and O–H groups in total. The van der Waals surface area contributed by atoms with E-state index in [0.29, 0.717) is 0 Å². The molecule has 0 aromatic heterocycles. The predicted octanol–water partition coefficient (Wildman–Crippen LogP) is -0.774. The van der Waals surface area contributed by atoms with Gasteiger partial charge >= 0.3 is 5.97 Å². The number of carboxylic acid groups (broad SMARTS) is 1. The SMILES string of the molecule is CC(=O)C=O.C[C@@H](O)C(=O)O. The van der Waals surface area contributed by atoms with Gasteiger partial charge in [0.1, 0.15) is 6.10 Å². The molecule has 0 saturated heterocycles. The molecule has 0 spiro atoms. The maximum atomic E-state index is 9.45. The van der Waals surface area contributed by atoms with Gasteiger partial charge in [-0.2, -0.15) is 0 Å². The van der Waals surface area contributed by atoms with E-state index in [1.165, 1.54) is 13.8 Å². The Balaban J connectivity index is 0. The summed E-state index contributed by atoms with van der Waals surface area (Å²) in [5.41, 5.74) is 0. The number of ketones is 1. The summed E-state index contributed by atoms with van der Waals surface area (Å²) in [4.78, 5) is 28.0. The maximum absolute atomic E-state index is 9.45. The van der Waals surface area contributed by atoms with Crippen LogP contribution in [0.4, 0.5) is 0 Å². The highest BCUT2D eigenvalue weighted by molar-refractivity contribution is 6.23. The number of carbonyl (C=O) groups excluding carboxylic acids is 2. The summed E-state index contributed by atoms with van der Waals surface area (Å²) < 4.78 is 0. The van der Waals surface area contributed by atoms with Crippen molar-refractivity contribution in [3.63, 3.8) is 0 Å². The molecule has 0 heterocycles. The molecule has 0 saturated carbocycles. The molecule has 0 aromatic rings. The van der Waals surface area contributed by atoms with Gasteiger partial charge in [0, 0.05) is 6.92 Å². The van der Waals surface area contributed by atoms with Crippen LogP contribution in [0.5, 0.6) is 0 Å². The fourth-order valence-electron chi connectivity index (χ4n) is 0. The van der Waals surface area contributed by atoms with E-state index >= 15 is 0 Å². The molecule has 5 heteroatoms. The fraction of sp³-hybridized carbons (Fsp3) is 0.500. The van der Waals surface area contributed by atoms with Crippen molar-refractivity contribution in [3.8, 4) is 0 Å². The number of aliphatic carboxylic acids is 1. The molecule has 0 fully saturated rings. The number of aliphatic hydroxyl groups excluding tert-OH is 1. The molecule has 0 bridgehead atoms. The molecular formula is C6H10O5. The number of Topliss-reactive ketones (excluding diaryl/α,β-unsaturated/α-hetero) is 1. The lowest BCUT2D eigenvalue weighted by Gasteiger charge is -1.89. The van der Waals surface area contributed by atoms with E-state index in [9.17, 15) is 9.59 Å². The minimum atomic E-state index is -1.23. The van der Waals surface area contributed by atoms with E-state index in [1.54, 1.807) is 0 Å². The van der Waals surface area contributed by atoms with Crippen LogP contribution in [0.3, 0.4) is 0 Å². The zero-order valence-electron chi connectivity index (χ0n) is 6.27. The third-order valence-corrected chi connectivity index (χ3v) is 0.523. The highest BCUT2D eigenvalue weighted by Crippen LogP contribution is 1.73. The van der Waals surface area contributed by atoms with Gasteiger partial charge in [0.25, 0.3) is 0 Å². The van der Waals surface area contributed by atoms with Crippen molar-refractivity contribution in [2.45, 2.75) is 20.0 Å². The summed E-state index contributed by atoms with van der Waals surface area (Å²) in [7, 11) is 0. The Kier molecular flexibility index (Phi) is 7.79. The first kappa shape index (κ1) is 12.4. The van der Waals surface area contributed by atoms with Crippen molar-refractivity contribution < 1.29 is 24.6 Å². The molecule has 0 aliphatic heterocycles. The Morgan fingerprint density at radius 2 is 1.64 bits per heavy atom. The van der Waals surface area contributed by atoms with E-state index in [1.807, 2.05) is 0 Å². The molecule has 0 aliphatic rings. The molecule has 0 unspecified atom stereocenters. The minimum Gasteiger partial charge on any atom is -0.479 e. The first-order chi connectivity index (χ1) is 4.91. The Labute approximate surface area is 63.6 Å². The topological polar surface area (TPSA) is 91.7 Å². The molecule has 0 rings (SSSR count). The fourth-order valence-corrected chi connectivity index (χ4v) is 0. The molecule has 11 heavy (non-hydrogen) atoms. The van der Waals surface area contributed by atoms with Gasteiger partial charge in [-0.1, -0.05) is 0 Å². The number of hydrogen-bond acceptors (Lipinski definition) is 4. The summed E-state index contributed by atoms with van der Waals surface area (Å²) in [6, 6.07) is 0. The smallest absolute Gasteiger partial charge is 0.332 e. The van der Waals surface area contributed by atoms with Crippen molar-refractivity contribution in [1.29, 1.82) is 0 Å². The van der Waals surface area contributed by atoms with Gasteiger partial charge in [0.05, 0.1) is 0 Å². The van der Waals surface area contributed by atoms with Gasteiger partial charge in [-0.3, -0.25) is 9.59 Å². The van der Waals surface area contributed by atoms with E-state index in [4.69, 9.17) is 15.0 Å². The van der Waals surface area contributed by atoms with Crippen molar-refractivity contribution in [2.24, 2.45) is 0 Å². The third-order valence-electron chi connectivity index (χ3n) is 0.523. The van der Waals surface area contributed by atoms with Crippen LogP contribution in [0.1, 0.15) is 13.8 Å². The summed E-state index contributed by atoms with van der Waals surface area (Å²) in [6.45, 7) is 2.41. The molecular weight excluding hydrogens is 152 g/mol. The van der Waals surface area contributed by atoms with E-state index in [2.05, 4.69) is 0 Å². The van der Waals surface area contributed by atoms with Crippen molar-refractivity contribution in [1.82, 2.24) is 0 Å². The van der Waals surface area contributed by atoms with Crippen LogP contribution in [0, 0.1) is 0 Å². The van der Waals surface area contributed by atoms with Gasteiger partial charge in [-0.15, -0.1) is 0 Å². The zero-order valence-corrected chi connectivity index (χ0v) is 6.27. The van der Waals surface area contributed by atoms with Crippen LogP contribution in [0.25, 0.3) is 0 Å². The van der Waals surface area contributed by atoms with Gasteiger partial charge in [0.2, 0.25) is 0 Å². The largest absolute Gasteiger partial charge is 0.479 e. The molecule has 0 radical (unpaired) electrons. The van der Waals surface area contributed by atoms with Crippen LogP contribution >= 0.6 is 0 Å². The standard InChI is InChI=1S/C3H6O3.C3H4O2/c1-2(4)3(5)6;1-3(5)2-4/h2,4H,1H3,(H,5,6);2H,1H3/t2-;/m1./s1. The van der Waals surface area contributed by atoms with Crippen molar-refractivity contribution in [2.75, 3.05) is 0 Å². The molecule has 64 valence electrons. The summed E-state index contributed by atoms with van der Waals surface area (Å²) in [5.74, 6) is -1.61. The number of carboxylic acids is 1. The lowest BCUT2D eigenvalue weighted by molar-refractivity contribution is -0.145. The molecule has 1 atom stereocenters. The Hall–Kier alpha value is -1.23. The van der Waals surface area contributed by atoms with E-state index < -0.39 is 17.9 Å². The highest BCUT2D eigenvalue weighted by Gasteiger charge is 2.01. The molecule has 0 amide bonds. The highest BCUT2D eigenvalue weighted by atomic mass is 16.4. The van der Waals surface area contributed by atoms with Crippen LogP contribution in [-0.4, -0.2) is 34.4 Å². The van der Waals surface area contributed by atoms with E-state index in [0.717, 1.165) is 0 Å². The molecule has 0 aliphatic carbocycles. The average Bonchev–Trinajstić information content (AvgIpc) is 1.89.